The fourth-order valence-electron chi connectivity index (χ4n) is 1.23. The van der Waals surface area contributed by atoms with Crippen LogP contribution >= 0.6 is 0 Å². The molecule has 1 aliphatic heterocycles. The van der Waals surface area contributed by atoms with Gasteiger partial charge in [-0.3, -0.25) is 0 Å². The van der Waals surface area contributed by atoms with E-state index in [1.54, 1.807) is 0 Å². The fraction of sp³-hybridized carbons (Fsp3) is 1.00. The van der Waals surface area contributed by atoms with Crippen LogP contribution in [-0.4, -0.2) is 59.8 Å². The fourth-order valence-corrected chi connectivity index (χ4v) is 1.23. The summed E-state index contributed by atoms with van der Waals surface area (Å²) >= 11 is 0. The Labute approximate surface area is 74.7 Å². The summed E-state index contributed by atoms with van der Waals surface area (Å²) in [4.78, 5) is 0. The van der Waals surface area contributed by atoms with E-state index >= 15 is 0 Å². The molecule has 1 rings (SSSR count). The number of rotatable bonds is 2. The largest absolute Gasteiger partial charge is 0.394 e. The quantitative estimate of drug-likeness (QED) is 0.496. The van der Waals surface area contributed by atoms with Crippen LogP contribution in [0.3, 0.4) is 0 Å². The van der Waals surface area contributed by atoms with Crippen molar-refractivity contribution in [3.05, 3.63) is 0 Å². The molecule has 0 amide bonds. The van der Waals surface area contributed by atoms with E-state index in [0.717, 1.165) is 0 Å². The number of aliphatic hydroxyl groups excluding tert-OH is 3. The molecular formula is C7H13FO5. The van der Waals surface area contributed by atoms with Crippen LogP contribution < -0.4 is 0 Å². The molecule has 1 saturated heterocycles. The molecule has 0 spiro atoms. The second-order valence-electron chi connectivity index (χ2n) is 2.89. The molecule has 0 aromatic heterocycles. The Hall–Kier alpha value is -0.270. The number of ether oxygens (including phenoxy) is 2. The van der Waals surface area contributed by atoms with E-state index in [4.69, 9.17) is 14.9 Å². The van der Waals surface area contributed by atoms with Gasteiger partial charge in [0.25, 0.3) is 0 Å². The average Bonchev–Trinajstić information content (AvgIpc) is 2.15. The molecule has 1 aliphatic rings. The summed E-state index contributed by atoms with van der Waals surface area (Å²) < 4.78 is 22.5. The Balaban J connectivity index is 2.66. The zero-order chi connectivity index (χ0) is 10.0. The molecule has 0 unspecified atom stereocenters. The lowest BCUT2D eigenvalue weighted by atomic mass is 10.0. The molecule has 0 aromatic carbocycles. The van der Waals surface area contributed by atoms with Gasteiger partial charge in [-0.15, -0.1) is 0 Å². The van der Waals surface area contributed by atoms with E-state index in [9.17, 15) is 9.50 Å². The molecule has 5 nitrogen and oxygen atoms in total. The maximum Gasteiger partial charge on any atom is 0.191 e. The summed E-state index contributed by atoms with van der Waals surface area (Å²) in [5, 5.41) is 27.0. The zero-order valence-electron chi connectivity index (χ0n) is 7.13. The highest BCUT2D eigenvalue weighted by molar-refractivity contribution is 4.88. The summed E-state index contributed by atoms with van der Waals surface area (Å²) in [5.41, 5.74) is 0. The van der Waals surface area contributed by atoms with E-state index in [-0.39, 0.29) is 0 Å². The topological polar surface area (TPSA) is 79.2 Å². The van der Waals surface area contributed by atoms with Crippen LogP contribution in [0.5, 0.6) is 0 Å². The Morgan fingerprint density at radius 1 is 1.38 bits per heavy atom. The lowest BCUT2D eigenvalue weighted by molar-refractivity contribution is -0.279. The predicted molar refractivity (Wildman–Crippen MR) is 39.7 cm³/mol. The number of hydrogen-bond donors (Lipinski definition) is 3. The van der Waals surface area contributed by atoms with Gasteiger partial charge in [-0.05, 0) is 0 Å². The molecule has 78 valence electrons. The van der Waals surface area contributed by atoms with Crippen LogP contribution in [0.1, 0.15) is 0 Å². The van der Waals surface area contributed by atoms with Gasteiger partial charge >= 0.3 is 0 Å². The van der Waals surface area contributed by atoms with Crippen molar-refractivity contribution in [2.75, 3.05) is 13.7 Å². The number of aliphatic hydroxyl groups is 3. The standard InChI is InChI=1S/C7H13FO5/c1-12-7-4(8)6(11)5(10)3(2-9)13-7/h3-7,9-11H,2H2,1H3/t3-,4-,5+,6-,7-/m1/s1. The van der Waals surface area contributed by atoms with Crippen molar-refractivity contribution in [2.24, 2.45) is 0 Å². The van der Waals surface area contributed by atoms with Gasteiger partial charge in [0.1, 0.15) is 18.3 Å². The first-order valence-corrected chi connectivity index (χ1v) is 3.91. The van der Waals surface area contributed by atoms with Crippen molar-refractivity contribution < 1.29 is 29.2 Å². The normalized spacial score (nSPS) is 46.4. The highest BCUT2D eigenvalue weighted by atomic mass is 19.1. The first-order valence-electron chi connectivity index (χ1n) is 3.91. The molecule has 0 saturated carbocycles. The smallest absolute Gasteiger partial charge is 0.191 e. The molecule has 1 heterocycles. The molecule has 0 radical (unpaired) electrons. The van der Waals surface area contributed by atoms with Crippen molar-refractivity contribution in [3.63, 3.8) is 0 Å². The maximum absolute atomic E-state index is 13.1. The van der Waals surface area contributed by atoms with Gasteiger partial charge in [0.05, 0.1) is 6.61 Å². The first-order chi connectivity index (χ1) is 6.11. The molecule has 3 N–H and O–H groups in total. The zero-order valence-corrected chi connectivity index (χ0v) is 7.13. The molecule has 0 aromatic rings. The first kappa shape index (κ1) is 10.8. The summed E-state index contributed by atoms with van der Waals surface area (Å²) in [6, 6.07) is 0. The number of alkyl halides is 1. The van der Waals surface area contributed by atoms with Crippen LogP contribution in [0.2, 0.25) is 0 Å². The van der Waals surface area contributed by atoms with Gasteiger partial charge in [-0.1, -0.05) is 0 Å². The molecule has 6 heteroatoms. The van der Waals surface area contributed by atoms with Gasteiger partial charge in [0.15, 0.2) is 12.5 Å². The monoisotopic (exact) mass is 196 g/mol. The van der Waals surface area contributed by atoms with Gasteiger partial charge in [0, 0.05) is 7.11 Å². The van der Waals surface area contributed by atoms with E-state index < -0.39 is 37.4 Å². The second-order valence-corrected chi connectivity index (χ2v) is 2.89. The molecule has 0 aliphatic carbocycles. The van der Waals surface area contributed by atoms with Crippen molar-refractivity contribution >= 4 is 0 Å². The molecular weight excluding hydrogens is 183 g/mol. The molecule has 13 heavy (non-hydrogen) atoms. The van der Waals surface area contributed by atoms with Crippen LogP contribution in [0.25, 0.3) is 0 Å². The maximum atomic E-state index is 13.1. The van der Waals surface area contributed by atoms with E-state index in [2.05, 4.69) is 4.74 Å². The Kier molecular flexibility index (Phi) is 3.57. The third-order valence-corrected chi connectivity index (χ3v) is 2.04. The Morgan fingerprint density at radius 2 is 2.00 bits per heavy atom. The lowest BCUT2D eigenvalue weighted by Gasteiger charge is -2.37. The molecule has 1 fully saturated rings. The third kappa shape index (κ3) is 1.97. The van der Waals surface area contributed by atoms with Crippen LogP contribution in [0.15, 0.2) is 0 Å². The van der Waals surface area contributed by atoms with Gasteiger partial charge < -0.3 is 24.8 Å². The van der Waals surface area contributed by atoms with Crippen LogP contribution in [0.4, 0.5) is 4.39 Å². The van der Waals surface area contributed by atoms with Crippen LogP contribution in [-0.2, 0) is 9.47 Å². The number of methoxy groups -OCH3 is 1. The van der Waals surface area contributed by atoms with E-state index in [1.807, 2.05) is 0 Å². The number of hydrogen-bond acceptors (Lipinski definition) is 5. The Morgan fingerprint density at radius 3 is 2.46 bits per heavy atom. The van der Waals surface area contributed by atoms with E-state index in [0.29, 0.717) is 0 Å². The van der Waals surface area contributed by atoms with Gasteiger partial charge in [-0.2, -0.15) is 0 Å². The minimum atomic E-state index is -1.80. The van der Waals surface area contributed by atoms with Crippen molar-refractivity contribution in [3.8, 4) is 0 Å². The Bertz CT molecular complexity index is 147. The summed E-state index contributed by atoms with van der Waals surface area (Å²) in [6.07, 6.45) is -7.06. The van der Waals surface area contributed by atoms with Crippen molar-refractivity contribution in [2.45, 2.75) is 30.8 Å². The SMILES string of the molecule is CO[C@@H]1O[C@H](CO)[C@H](O)[C@H](O)[C@H]1F. The summed E-state index contributed by atoms with van der Waals surface area (Å²) in [5.74, 6) is 0. The minimum absolute atomic E-state index is 0.495. The summed E-state index contributed by atoms with van der Waals surface area (Å²) in [7, 11) is 1.22. The van der Waals surface area contributed by atoms with Crippen molar-refractivity contribution in [1.29, 1.82) is 0 Å². The summed E-state index contributed by atoms with van der Waals surface area (Å²) in [6.45, 7) is -0.495. The third-order valence-electron chi connectivity index (χ3n) is 2.04. The lowest BCUT2D eigenvalue weighted by Crippen LogP contribution is -2.57. The highest BCUT2D eigenvalue weighted by Gasteiger charge is 2.44. The van der Waals surface area contributed by atoms with Gasteiger partial charge in [-0.25, -0.2) is 4.39 Å². The molecule has 0 bridgehead atoms. The van der Waals surface area contributed by atoms with Crippen molar-refractivity contribution in [1.82, 2.24) is 0 Å². The average molecular weight is 196 g/mol. The van der Waals surface area contributed by atoms with E-state index in [1.165, 1.54) is 7.11 Å². The minimum Gasteiger partial charge on any atom is -0.394 e. The number of halogens is 1. The van der Waals surface area contributed by atoms with Crippen LogP contribution in [0, 0.1) is 0 Å². The predicted octanol–water partition coefficient (Wildman–Crippen LogP) is -1.59. The van der Waals surface area contributed by atoms with Gasteiger partial charge in [0.2, 0.25) is 0 Å². The second kappa shape index (κ2) is 4.30. The highest BCUT2D eigenvalue weighted by Crippen LogP contribution is 2.23. The molecule has 5 atom stereocenters.